The SMILES string of the molecule is O=C(COc1cccc(F)c1)NC(c1ccccc1)c1cccs1. The number of ether oxygens (including phenoxy) is 1. The maximum atomic E-state index is 13.1. The second-order valence-electron chi connectivity index (χ2n) is 5.17. The van der Waals surface area contributed by atoms with Crippen LogP contribution in [-0.4, -0.2) is 12.5 Å². The Morgan fingerprint density at radius 3 is 2.62 bits per heavy atom. The molecule has 0 spiro atoms. The standard InChI is InChI=1S/C19H16FNO2S/c20-15-8-4-9-16(12-15)23-13-18(22)21-19(17-10-5-11-24-17)14-6-2-1-3-7-14/h1-12,19H,13H2,(H,21,22). The lowest BCUT2D eigenvalue weighted by molar-refractivity contribution is -0.123. The van der Waals surface area contributed by atoms with Crippen molar-refractivity contribution in [1.29, 1.82) is 0 Å². The molecule has 1 amide bonds. The molecule has 24 heavy (non-hydrogen) atoms. The van der Waals surface area contributed by atoms with Crippen molar-refractivity contribution in [3.8, 4) is 5.75 Å². The summed E-state index contributed by atoms with van der Waals surface area (Å²) in [5.41, 5.74) is 0.999. The predicted octanol–water partition coefficient (Wildman–Crippen LogP) is 4.17. The van der Waals surface area contributed by atoms with E-state index in [9.17, 15) is 9.18 Å². The van der Waals surface area contributed by atoms with Crippen LogP contribution in [0.4, 0.5) is 4.39 Å². The molecule has 122 valence electrons. The van der Waals surface area contributed by atoms with Gasteiger partial charge in [0, 0.05) is 10.9 Å². The van der Waals surface area contributed by atoms with Gasteiger partial charge < -0.3 is 10.1 Å². The van der Waals surface area contributed by atoms with E-state index in [1.54, 1.807) is 23.5 Å². The van der Waals surface area contributed by atoms with Crippen LogP contribution in [0.25, 0.3) is 0 Å². The zero-order valence-electron chi connectivity index (χ0n) is 12.8. The predicted molar refractivity (Wildman–Crippen MR) is 92.6 cm³/mol. The van der Waals surface area contributed by atoms with Crippen molar-refractivity contribution in [2.24, 2.45) is 0 Å². The summed E-state index contributed by atoms with van der Waals surface area (Å²) in [6.45, 7) is -0.168. The minimum absolute atomic E-state index is 0.168. The Morgan fingerprint density at radius 2 is 1.92 bits per heavy atom. The van der Waals surface area contributed by atoms with Crippen molar-refractivity contribution in [1.82, 2.24) is 5.32 Å². The minimum atomic E-state index is -0.395. The lowest BCUT2D eigenvalue weighted by atomic mass is 10.1. The largest absolute Gasteiger partial charge is 0.484 e. The molecule has 3 nitrogen and oxygen atoms in total. The summed E-state index contributed by atoms with van der Waals surface area (Å²) in [5, 5.41) is 4.95. The van der Waals surface area contributed by atoms with Gasteiger partial charge in [0.15, 0.2) is 6.61 Å². The molecule has 0 bridgehead atoms. The monoisotopic (exact) mass is 341 g/mol. The van der Waals surface area contributed by atoms with Gasteiger partial charge >= 0.3 is 0 Å². The maximum Gasteiger partial charge on any atom is 0.258 e. The molecule has 1 heterocycles. The highest BCUT2D eigenvalue weighted by Gasteiger charge is 2.17. The highest BCUT2D eigenvalue weighted by atomic mass is 32.1. The zero-order chi connectivity index (χ0) is 16.8. The van der Waals surface area contributed by atoms with Crippen LogP contribution >= 0.6 is 11.3 Å². The number of rotatable bonds is 6. The molecule has 1 aromatic heterocycles. The van der Waals surface area contributed by atoms with Gasteiger partial charge in [-0.1, -0.05) is 42.5 Å². The number of nitrogens with one attached hydrogen (secondary N) is 1. The number of benzene rings is 2. The summed E-state index contributed by atoms with van der Waals surface area (Å²) in [5.74, 6) is -0.326. The van der Waals surface area contributed by atoms with E-state index in [1.807, 2.05) is 47.8 Å². The van der Waals surface area contributed by atoms with E-state index in [2.05, 4.69) is 5.32 Å². The lowest BCUT2D eigenvalue weighted by Crippen LogP contribution is -2.32. The van der Waals surface area contributed by atoms with E-state index >= 15 is 0 Å². The summed E-state index contributed by atoms with van der Waals surface area (Å²) in [6, 6.07) is 19.2. The van der Waals surface area contributed by atoms with E-state index in [1.165, 1.54) is 12.1 Å². The molecule has 0 aliphatic heterocycles. The van der Waals surface area contributed by atoms with Crippen molar-refractivity contribution in [2.45, 2.75) is 6.04 Å². The van der Waals surface area contributed by atoms with Gasteiger partial charge in [-0.3, -0.25) is 4.79 Å². The fraction of sp³-hybridized carbons (Fsp3) is 0.105. The molecule has 1 N–H and O–H groups in total. The molecule has 2 aromatic carbocycles. The molecule has 3 aromatic rings. The summed E-state index contributed by atoms with van der Waals surface area (Å²) < 4.78 is 18.5. The molecule has 0 aliphatic carbocycles. The summed E-state index contributed by atoms with van der Waals surface area (Å²) >= 11 is 1.58. The van der Waals surface area contributed by atoms with E-state index < -0.39 is 5.82 Å². The smallest absolute Gasteiger partial charge is 0.258 e. The number of hydrogen-bond acceptors (Lipinski definition) is 3. The highest BCUT2D eigenvalue weighted by molar-refractivity contribution is 7.10. The summed E-state index contributed by atoms with van der Waals surface area (Å²) in [7, 11) is 0. The molecular formula is C19H16FNO2S. The number of halogens is 1. The number of hydrogen-bond donors (Lipinski definition) is 1. The Bertz CT molecular complexity index is 790. The van der Waals surface area contributed by atoms with E-state index in [-0.39, 0.29) is 18.6 Å². The van der Waals surface area contributed by atoms with Crippen molar-refractivity contribution in [3.05, 3.63) is 88.4 Å². The first-order valence-electron chi connectivity index (χ1n) is 7.48. The summed E-state index contributed by atoms with van der Waals surface area (Å²) in [4.78, 5) is 13.3. The zero-order valence-corrected chi connectivity index (χ0v) is 13.6. The third-order valence-corrected chi connectivity index (χ3v) is 4.37. The van der Waals surface area contributed by atoms with Gasteiger partial charge in [0.2, 0.25) is 0 Å². The third-order valence-electron chi connectivity index (χ3n) is 3.43. The molecule has 1 unspecified atom stereocenters. The number of carbonyl (C=O) groups excluding carboxylic acids is 1. The van der Waals surface area contributed by atoms with Crippen LogP contribution < -0.4 is 10.1 Å². The van der Waals surface area contributed by atoms with E-state index in [0.717, 1.165) is 10.4 Å². The molecular weight excluding hydrogens is 325 g/mol. The first-order chi connectivity index (χ1) is 11.7. The number of carbonyl (C=O) groups is 1. The molecule has 3 rings (SSSR count). The molecule has 0 fully saturated rings. The van der Waals surface area contributed by atoms with Crippen LogP contribution in [0.5, 0.6) is 5.75 Å². The summed E-state index contributed by atoms with van der Waals surface area (Å²) in [6.07, 6.45) is 0. The first kappa shape index (κ1) is 16.2. The van der Waals surface area contributed by atoms with Gasteiger partial charge in [-0.15, -0.1) is 11.3 Å². The molecule has 0 saturated carbocycles. The molecule has 0 radical (unpaired) electrons. The Hall–Kier alpha value is -2.66. The molecule has 0 saturated heterocycles. The van der Waals surface area contributed by atoms with Crippen LogP contribution in [0.2, 0.25) is 0 Å². The average molecular weight is 341 g/mol. The van der Waals surface area contributed by atoms with Gasteiger partial charge in [-0.2, -0.15) is 0 Å². The average Bonchev–Trinajstić information content (AvgIpc) is 3.13. The van der Waals surface area contributed by atoms with Crippen molar-refractivity contribution in [3.63, 3.8) is 0 Å². The Morgan fingerprint density at radius 1 is 1.08 bits per heavy atom. The van der Waals surface area contributed by atoms with Gasteiger partial charge in [-0.05, 0) is 29.1 Å². The second kappa shape index (κ2) is 7.75. The van der Waals surface area contributed by atoms with Crippen LogP contribution in [0.1, 0.15) is 16.5 Å². The highest BCUT2D eigenvalue weighted by Crippen LogP contribution is 2.25. The van der Waals surface area contributed by atoms with Crippen molar-refractivity contribution in [2.75, 3.05) is 6.61 Å². The van der Waals surface area contributed by atoms with Gasteiger partial charge in [0.25, 0.3) is 5.91 Å². The van der Waals surface area contributed by atoms with Crippen LogP contribution in [0, 0.1) is 5.82 Å². The normalized spacial score (nSPS) is 11.7. The topological polar surface area (TPSA) is 38.3 Å². The second-order valence-corrected chi connectivity index (χ2v) is 6.15. The molecule has 1 atom stereocenters. The van der Waals surface area contributed by atoms with Gasteiger partial charge in [0.1, 0.15) is 11.6 Å². The Kier molecular flexibility index (Phi) is 5.23. The Labute approximate surface area is 143 Å². The van der Waals surface area contributed by atoms with E-state index in [0.29, 0.717) is 5.75 Å². The lowest BCUT2D eigenvalue weighted by Gasteiger charge is -2.18. The molecule has 5 heteroatoms. The van der Waals surface area contributed by atoms with E-state index in [4.69, 9.17) is 4.74 Å². The van der Waals surface area contributed by atoms with Crippen molar-refractivity contribution >= 4 is 17.2 Å². The minimum Gasteiger partial charge on any atom is -0.484 e. The molecule has 0 aliphatic rings. The van der Waals surface area contributed by atoms with Crippen LogP contribution in [-0.2, 0) is 4.79 Å². The fourth-order valence-corrected chi connectivity index (χ4v) is 3.13. The van der Waals surface area contributed by atoms with Crippen molar-refractivity contribution < 1.29 is 13.9 Å². The quantitative estimate of drug-likeness (QED) is 0.731. The Balaban J connectivity index is 1.68. The van der Waals surface area contributed by atoms with Gasteiger partial charge in [0.05, 0.1) is 6.04 Å². The van der Waals surface area contributed by atoms with Gasteiger partial charge in [-0.25, -0.2) is 4.39 Å². The first-order valence-corrected chi connectivity index (χ1v) is 8.36. The third kappa shape index (κ3) is 4.20. The van der Waals surface area contributed by atoms with Crippen LogP contribution in [0.3, 0.4) is 0 Å². The van der Waals surface area contributed by atoms with Crippen LogP contribution in [0.15, 0.2) is 72.1 Å². The maximum absolute atomic E-state index is 13.1. The fourth-order valence-electron chi connectivity index (χ4n) is 2.33. The number of thiophene rings is 1. The number of amides is 1.